The van der Waals surface area contributed by atoms with Gasteiger partial charge in [0.25, 0.3) is 5.91 Å². The molecule has 0 atom stereocenters. The maximum atomic E-state index is 12.2. The minimum absolute atomic E-state index is 0.182. The van der Waals surface area contributed by atoms with Crippen LogP contribution in [0.25, 0.3) is 0 Å². The van der Waals surface area contributed by atoms with Crippen molar-refractivity contribution >= 4 is 49.1 Å². The van der Waals surface area contributed by atoms with Crippen LogP contribution < -0.4 is 15.8 Å². The SMILES string of the molecule is CCN(CC)c1ccc(C(=O)NNc2c(Br)cccc2Br)cc1. The first kappa shape index (κ1) is 17.8. The van der Waals surface area contributed by atoms with Crippen molar-refractivity contribution in [2.45, 2.75) is 13.8 Å². The number of hydrazine groups is 1. The Labute approximate surface area is 153 Å². The zero-order valence-corrected chi connectivity index (χ0v) is 16.2. The monoisotopic (exact) mass is 439 g/mol. The molecular formula is C17H19Br2N3O. The number of anilines is 2. The summed E-state index contributed by atoms with van der Waals surface area (Å²) in [7, 11) is 0. The van der Waals surface area contributed by atoms with Gasteiger partial charge in [-0.05, 0) is 82.1 Å². The van der Waals surface area contributed by atoms with E-state index in [2.05, 4.69) is 61.5 Å². The van der Waals surface area contributed by atoms with Gasteiger partial charge in [0, 0.05) is 33.3 Å². The first-order valence-corrected chi connectivity index (χ1v) is 9.00. The molecule has 0 aliphatic rings. The number of rotatable bonds is 6. The molecule has 2 N–H and O–H groups in total. The molecule has 0 saturated carbocycles. The molecule has 2 aromatic carbocycles. The molecule has 0 aliphatic heterocycles. The maximum Gasteiger partial charge on any atom is 0.269 e. The number of nitrogens with zero attached hydrogens (tertiary/aromatic N) is 1. The summed E-state index contributed by atoms with van der Waals surface area (Å²) >= 11 is 6.89. The minimum Gasteiger partial charge on any atom is -0.372 e. The van der Waals surface area contributed by atoms with Crippen LogP contribution in [0.15, 0.2) is 51.4 Å². The van der Waals surface area contributed by atoms with Crippen LogP contribution in [0.1, 0.15) is 24.2 Å². The second-order valence-electron chi connectivity index (χ2n) is 4.89. The van der Waals surface area contributed by atoms with E-state index in [1.54, 1.807) is 0 Å². The van der Waals surface area contributed by atoms with Gasteiger partial charge in [-0.2, -0.15) is 0 Å². The van der Waals surface area contributed by atoms with E-state index in [1.807, 2.05) is 42.5 Å². The summed E-state index contributed by atoms with van der Waals surface area (Å²) in [6, 6.07) is 13.3. The quantitative estimate of drug-likeness (QED) is 0.633. The molecule has 23 heavy (non-hydrogen) atoms. The van der Waals surface area contributed by atoms with E-state index < -0.39 is 0 Å². The number of carbonyl (C=O) groups is 1. The number of hydrogen-bond acceptors (Lipinski definition) is 3. The molecular weight excluding hydrogens is 422 g/mol. The number of nitrogens with one attached hydrogen (secondary N) is 2. The van der Waals surface area contributed by atoms with Gasteiger partial charge in [0.2, 0.25) is 0 Å². The summed E-state index contributed by atoms with van der Waals surface area (Å²) in [4.78, 5) is 14.5. The largest absolute Gasteiger partial charge is 0.372 e. The normalized spacial score (nSPS) is 10.3. The highest BCUT2D eigenvalue weighted by atomic mass is 79.9. The topological polar surface area (TPSA) is 44.4 Å². The van der Waals surface area contributed by atoms with Gasteiger partial charge in [-0.1, -0.05) is 6.07 Å². The molecule has 0 radical (unpaired) electrons. The van der Waals surface area contributed by atoms with Crippen LogP contribution in [0, 0.1) is 0 Å². The number of benzene rings is 2. The van der Waals surface area contributed by atoms with Crippen LogP contribution in [-0.4, -0.2) is 19.0 Å². The van der Waals surface area contributed by atoms with Crippen molar-refractivity contribution in [3.05, 3.63) is 57.0 Å². The van der Waals surface area contributed by atoms with Gasteiger partial charge in [-0.3, -0.25) is 15.6 Å². The van der Waals surface area contributed by atoms with E-state index in [1.165, 1.54) is 0 Å². The van der Waals surface area contributed by atoms with Crippen molar-refractivity contribution in [3.63, 3.8) is 0 Å². The molecule has 0 fully saturated rings. The zero-order valence-electron chi connectivity index (χ0n) is 13.1. The molecule has 0 unspecified atom stereocenters. The molecule has 0 saturated heterocycles. The average Bonchev–Trinajstić information content (AvgIpc) is 2.56. The predicted octanol–water partition coefficient (Wildman–Crippen LogP) is 4.81. The van der Waals surface area contributed by atoms with Crippen molar-refractivity contribution in [1.82, 2.24) is 5.43 Å². The number of amides is 1. The second kappa shape index (κ2) is 8.36. The molecule has 122 valence electrons. The van der Waals surface area contributed by atoms with Crippen LogP contribution in [0.3, 0.4) is 0 Å². The highest BCUT2D eigenvalue weighted by Gasteiger charge is 2.09. The summed E-state index contributed by atoms with van der Waals surface area (Å²) in [5.41, 5.74) is 8.15. The van der Waals surface area contributed by atoms with Crippen LogP contribution in [-0.2, 0) is 0 Å². The van der Waals surface area contributed by atoms with Gasteiger partial charge in [0.1, 0.15) is 0 Å². The Morgan fingerprint density at radius 1 is 1.00 bits per heavy atom. The van der Waals surface area contributed by atoms with E-state index in [4.69, 9.17) is 0 Å². The smallest absolute Gasteiger partial charge is 0.269 e. The molecule has 0 aliphatic carbocycles. The highest BCUT2D eigenvalue weighted by molar-refractivity contribution is 9.11. The van der Waals surface area contributed by atoms with Gasteiger partial charge >= 0.3 is 0 Å². The van der Waals surface area contributed by atoms with Crippen LogP contribution in [0.2, 0.25) is 0 Å². The lowest BCUT2D eigenvalue weighted by Gasteiger charge is -2.21. The summed E-state index contributed by atoms with van der Waals surface area (Å²) < 4.78 is 1.73. The van der Waals surface area contributed by atoms with Crippen LogP contribution in [0.4, 0.5) is 11.4 Å². The number of hydrogen-bond donors (Lipinski definition) is 2. The average molecular weight is 441 g/mol. The Hall–Kier alpha value is -1.53. The molecule has 0 spiro atoms. The Morgan fingerprint density at radius 3 is 2.09 bits per heavy atom. The first-order chi connectivity index (χ1) is 11.1. The summed E-state index contributed by atoms with van der Waals surface area (Å²) in [6.45, 7) is 6.12. The number of halogens is 2. The van der Waals surface area contributed by atoms with Crippen molar-refractivity contribution in [2.24, 2.45) is 0 Å². The lowest BCUT2D eigenvalue weighted by molar-refractivity contribution is 0.0962. The number of para-hydroxylation sites is 1. The molecule has 0 heterocycles. The molecule has 4 nitrogen and oxygen atoms in total. The molecule has 1 amide bonds. The zero-order chi connectivity index (χ0) is 16.8. The van der Waals surface area contributed by atoms with E-state index in [-0.39, 0.29) is 5.91 Å². The standard InChI is InChI=1S/C17H19Br2N3O/c1-3-22(4-2)13-10-8-12(9-11-13)17(23)21-20-16-14(18)6-5-7-15(16)19/h5-11,20H,3-4H2,1-2H3,(H,21,23). The first-order valence-electron chi connectivity index (χ1n) is 7.42. The van der Waals surface area contributed by atoms with E-state index in [0.717, 1.165) is 33.4 Å². The Bertz CT molecular complexity index is 650. The molecule has 0 aromatic heterocycles. The van der Waals surface area contributed by atoms with Crippen LogP contribution >= 0.6 is 31.9 Å². The Kier molecular flexibility index (Phi) is 6.47. The third kappa shape index (κ3) is 4.48. The molecule has 2 rings (SSSR count). The van der Waals surface area contributed by atoms with E-state index in [9.17, 15) is 4.79 Å². The third-order valence-electron chi connectivity index (χ3n) is 3.52. The Balaban J connectivity index is 2.04. The Morgan fingerprint density at radius 2 is 1.57 bits per heavy atom. The summed E-state index contributed by atoms with van der Waals surface area (Å²) in [5.74, 6) is -0.182. The van der Waals surface area contributed by atoms with E-state index in [0.29, 0.717) is 5.56 Å². The second-order valence-corrected chi connectivity index (χ2v) is 6.60. The lowest BCUT2D eigenvalue weighted by Crippen LogP contribution is -2.29. The predicted molar refractivity (Wildman–Crippen MR) is 103 cm³/mol. The molecule has 0 bridgehead atoms. The van der Waals surface area contributed by atoms with Crippen molar-refractivity contribution in [1.29, 1.82) is 0 Å². The van der Waals surface area contributed by atoms with Gasteiger partial charge in [0.15, 0.2) is 0 Å². The fourth-order valence-corrected chi connectivity index (χ4v) is 3.42. The molecule has 6 heteroatoms. The van der Waals surface area contributed by atoms with Crippen molar-refractivity contribution in [3.8, 4) is 0 Å². The summed E-state index contributed by atoms with van der Waals surface area (Å²) in [5, 5.41) is 0. The van der Waals surface area contributed by atoms with Crippen molar-refractivity contribution < 1.29 is 4.79 Å². The minimum atomic E-state index is -0.182. The fraction of sp³-hybridized carbons (Fsp3) is 0.235. The van der Waals surface area contributed by atoms with Gasteiger partial charge in [-0.25, -0.2) is 0 Å². The van der Waals surface area contributed by atoms with Gasteiger partial charge < -0.3 is 4.90 Å². The van der Waals surface area contributed by atoms with Crippen LogP contribution in [0.5, 0.6) is 0 Å². The summed E-state index contributed by atoms with van der Waals surface area (Å²) in [6.07, 6.45) is 0. The highest BCUT2D eigenvalue weighted by Crippen LogP contribution is 2.29. The third-order valence-corrected chi connectivity index (χ3v) is 4.84. The number of carbonyl (C=O) groups excluding carboxylic acids is 1. The van der Waals surface area contributed by atoms with E-state index >= 15 is 0 Å². The van der Waals surface area contributed by atoms with Gasteiger partial charge in [-0.15, -0.1) is 0 Å². The lowest BCUT2D eigenvalue weighted by atomic mass is 10.2. The maximum absolute atomic E-state index is 12.2. The molecule has 2 aromatic rings. The fourth-order valence-electron chi connectivity index (χ4n) is 2.22. The van der Waals surface area contributed by atoms with Crippen molar-refractivity contribution in [2.75, 3.05) is 23.4 Å². The van der Waals surface area contributed by atoms with Gasteiger partial charge in [0.05, 0.1) is 5.69 Å².